The fourth-order valence-corrected chi connectivity index (χ4v) is 2.52. The highest BCUT2D eigenvalue weighted by atomic mass is 127. The number of aliphatic imine (C=N–C) groups is 1. The first kappa shape index (κ1) is 21.7. The maximum Gasteiger partial charge on any atom is 0.191 e. The van der Waals surface area contributed by atoms with Crippen LogP contribution in [0.25, 0.3) is 0 Å². The van der Waals surface area contributed by atoms with Gasteiger partial charge in [-0.25, -0.2) is 0 Å². The second-order valence-corrected chi connectivity index (χ2v) is 5.87. The van der Waals surface area contributed by atoms with Crippen LogP contribution in [0.3, 0.4) is 0 Å². The van der Waals surface area contributed by atoms with Gasteiger partial charge in [0.2, 0.25) is 0 Å². The maximum absolute atomic E-state index is 5.54. The van der Waals surface area contributed by atoms with E-state index in [4.69, 9.17) is 4.74 Å². The zero-order valence-electron chi connectivity index (χ0n) is 13.8. The molecule has 6 heteroatoms. The van der Waals surface area contributed by atoms with E-state index in [1.165, 1.54) is 11.3 Å². The second-order valence-electron chi connectivity index (χ2n) is 4.84. The van der Waals surface area contributed by atoms with Gasteiger partial charge in [-0.1, -0.05) is 19.4 Å². The minimum absolute atomic E-state index is 0. The van der Waals surface area contributed by atoms with Crippen molar-refractivity contribution in [3.63, 3.8) is 0 Å². The van der Waals surface area contributed by atoms with E-state index in [9.17, 15) is 0 Å². The summed E-state index contributed by atoms with van der Waals surface area (Å²) in [4.78, 5) is 5.97. The number of ether oxygens (including phenoxy) is 1. The number of rotatable bonds is 11. The molecule has 0 atom stereocenters. The van der Waals surface area contributed by atoms with Crippen LogP contribution in [0.5, 0.6) is 0 Å². The highest BCUT2D eigenvalue weighted by Crippen LogP contribution is 2.07. The van der Waals surface area contributed by atoms with Gasteiger partial charge in [-0.15, -0.1) is 35.3 Å². The lowest BCUT2D eigenvalue weighted by Crippen LogP contribution is -2.38. The first-order chi connectivity index (χ1) is 10.4. The largest absolute Gasteiger partial charge is 0.381 e. The van der Waals surface area contributed by atoms with Gasteiger partial charge < -0.3 is 15.4 Å². The molecule has 0 saturated heterocycles. The van der Waals surface area contributed by atoms with Crippen molar-refractivity contribution in [1.29, 1.82) is 0 Å². The van der Waals surface area contributed by atoms with Crippen molar-refractivity contribution < 1.29 is 4.74 Å². The molecule has 0 amide bonds. The second kappa shape index (κ2) is 15.6. The topological polar surface area (TPSA) is 45.6 Å². The van der Waals surface area contributed by atoms with Crippen molar-refractivity contribution in [2.45, 2.75) is 39.5 Å². The minimum atomic E-state index is 0. The van der Waals surface area contributed by atoms with Gasteiger partial charge in [-0.2, -0.15) is 0 Å². The van der Waals surface area contributed by atoms with E-state index < -0.39 is 0 Å². The Morgan fingerprint density at radius 3 is 2.73 bits per heavy atom. The Bertz CT molecular complexity index is 371. The van der Waals surface area contributed by atoms with Crippen molar-refractivity contribution in [3.8, 4) is 0 Å². The Hall–Kier alpha value is -0.340. The number of nitrogens with zero attached hydrogens (tertiary/aromatic N) is 1. The van der Waals surface area contributed by atoms with Gasteiger partial charge in [0.25, 0.3) is 0 Å². The number of nitrogens with one attached hydrogen (secondary N) is 2. The van der Waals surface area contributed by atoms with Crippen molar-refractivity contribution in [2.24, 2.45) is 4.99 Å². The van der Waals surface area contributed by atoms with Crippen LogP contribution in [-0.2, 0) is 11.2 Å². The molecule has 0 aliphatic heterocycles. The Labute approximate surface area is 156 Å². The third-order valence-corrected chi connectivity index (χ3v) is 3.88. The predicted octanol–water partition coefficient (Wildman–Crippen LogP) is 3.67. The van der Waals surface area contributed by atoms with Crippen LogP contribution in [0, 0.1) is 0 Å². The van der Waals surface area contributed by atoms with Crippen LogP contribution >= 0.6 is 35.3 Å². The van der Waals surface area contributed by atoms with Gasteiger partial charge in [-0.3, -0.25) is 4.99 Å². The molecule has 0 saturated carbocycles. The van der Waals surface area contributed by atoms with Gasteiger partial charge in [0.05, 0.1) is 0 Å². The van der Waals surface area contributed by atoms with Crippen LogP contribution in [0.1, 0.15) is 38.0 Å². The van der Waals surface area contributed by atoms with Crippen LogP contribution in [0.2, 0.25) is 0 Å². The first-order valence-electron chi connectivity index (χ1n) is 7.99. The third-order valence-electron chi connectivity index (χ3n) is 2.95. The van der Waals surface area contributed by atoms with E-state index in [1.54, 1.807) is 11.3 Å². The molecular weight excluding hydrogens is 409 g/mol. The standard InChI is InChI=1S/C16H29N3OS.HI/c1-3-5-12-20-13-7-10-18-16(17-4-2)19-11-9-15-8-6-14-21-15;/h6,8,14H,3-5,7,9-13H2,1-2H3,(H2,17,18,19);1H. The summed E-state index contributed by atoms with van der Waals surface area (Å²) in [7, 11) is 0. The molecule has 0 bridgehead atoms. The van der Waals surface area contributed by atoms with Gasteiger partial charge in [0.1, 0.15) is 0 Å². The molecule has 0 aromatic carbocycles. The molecular formula is C16H30IN3OS. The molecule has 0 aliphatic rings. The lowest BCUT2D eigenvalue weighted by Gasteiger charge is -2.10. The summed E-state index contributed by atoms with van der Waals surface area (Å²) in [6.07, 6.45) is 4.36. The average Bonchev–Trinajstić information content (AvgIpc) is 2.99. The molecule has 128 valence electrons. The number of halogens is 1. The quantitative estimate of drug-likeness (QED) is 0.239. The molecule has 22 heavy (non-hydrogen) atoms. The van der Waals surface area contributed by atoms with E-state index in [2.05, 4.69) is 47.0 Å². The van der Waals surface area contributed by atoms with Crippen molar-refractivity contribution in [3.05, 3.63) is 22.4 Å². The molecule has 1 rings (SSSR count). The van der Waals surface area contributed by atoms with Crippen LogP contribution in [-0.4, -0.2) is 38.8 Å². The third kappa shape index (κ3) is 11.3. The molecule has 0 radical (unpaired) electrons. The molecule has 4 nitrogen and oxygen atoms in total. The fourth-order valence-electron chi connectivity index (χ4n) is 1.81. The van der Waals surface area contributed by atoms with E-state index in [0.717, 1.165) is 58.1 Å². The zero-order valence-corrected chi connectivity index (χ0v) is 16.9. The molecule has 0 spiro atoms. The van der Waals surface area contributed by atoms with Gasteiger partial charge in [0.15, 0.2) is 5.96 Å². The van der Waals surface area contributed by atoms with Crippen molar-refractivity contribution in [2.75, 3.05) is 32.8 Å². The number of unbranched alkanes of at least 4 members (excludes halogenated alkanes) is 1. The van der Waals surface area contributed by atoms with Crippen LogP contribution in [0.15, 0.2) is 22.5 Å². The highest BCUT2D eigenvalue weighted by Gasteiger charge is 1.98. The monoisotopic (exact) mass is 439 g/mol. The lowest BCUT2D eigenvalue weighted by molar-refractivity contribution is 0.130. The van der Waals surface area contributed by atoms with Gasteiger partial charge >= 0.3 is 0 Å². The van der Waals surface area contributed by atoms with Gasteiger partial charge in [0, 0.05) is 37.7 Å². The minimum Gasteiger partial charge on any atom is -0.381 e. The van der Waals surface area contributed by atoms with Crippen molar-refractivity contribution in [1.82, 2.24) is 10.6 Å². The summed E-state index contributed by atoms with van der Waals surface area (Å²) >= 11 is 1.80. The summed E-state index contributed by atoms with van der Waals surface area (Å²) in [5, 5.41) is 8.77. The summed E-state index contributed by atoms with van der Waals surface area (Å²) < 4.78 is 5.54. The Morgan fingerprint density at radius 1 is 1.23 bits per heavy atom. The SMILES string of the molecule is CCCCOCCCN=C(NCC)NCCc1cccs1.I. The van der Waals surface area contributed by atoms with Crippen LogP contribution < -0.4 is 10.6 Å². The Balaban J connectivity index is 0.00000441. The fraction of sp³-hybridized carbons (Fsp3) is 0.688. The summed E-state index contributed by atoms with van der Waals surface area (Å²) in [5.41, 5.74) is 0. The van der Waals surface area contributed by atoms with E-state index >= 15 is 0 Å². The van der Waals surface area contributed by atoms with E-state index in [0.29, 0.717) is 0 Å². The van der Waals surface area contributed by atoms with E-state index in [-0.39, 0.29) is 24.0 Å². The molecule has 0 unspecified atom stereocenters. The zero-order chi connectivity index (χ0) is 15.2. The Kier molecular flexibility index (Phi) is 15.3. The summed E-state index contributed by atoms with van der Waals surface area (Å²) in [5.74, 6) is 0.905. The number of thiophene rings is 1. The van der Waals surface area contributed by atoms with Crippen molar-refractivity contribution >= 4 is 41.3 Å². The molecule has 0 aliphatic carbocycles. The molecule has 2 N–H and O–H groups in total. The first-order valence-corrected chi connectivity index (χ1v) is 8.87. The number of guanidine groups is 1. The maximum atomic E-state index is 5.54. The normalized spacial score (nSPS) is 11.1. The van der Waals surface area contributed by atoms with Gasteiger partial charge in [-0.05, 0) is 37.6 Å². The number of hydrogen-bond donors (Lipinski definition) is 2. The smallest absolute Gasteiger partial charge is 0.191 e. The lowest BCUT2D eigenvalue weighted by atomic mass is 10.3. The summed E-state index contributed by atoms with van der Waals surface area (Å²) in [6, 6.07) is 4.27. The molecule has 0 fully saturated rings. The molecule has 1 aromatic heterocycles. The summed E-state index contributed by atoms with van der Waals surface area (Å²) in [6.45, 7) is 8.55. The highest BCUT2D eigenvalue weighted by molar-refractivity contribution is 14.0. The number of hydrogen-bond acceptors (Lipinski definition) is 3. The molecule has 1 aromatic rings. The average molecular weight is 439 g/mol. The van der Waals surface area contributed by atoms with E-state index in [1.807, 2.05) is 0 Å². The van der Waals surface area contributed by atoms with Crippen LogP contribution in [0.4, 0.5) is 0 Å². The molecule has 1 heterocycles. The Morgan fingerprint density at radius 2 is 2.05 bits per heavy atom. The predicted molar refractivity (Wildman–Crippen MR) is 108 cm³/mol.